The van der Waals surface area contributed by atoms with E-state index in [9.17, 15) is 0 Å². The zero-order valence-corrected chi connectivity index (χ0v) is 12.2. The van der Waals surface area contributed by atoms with Crippen molar-refractivity contribution in [3.63, 3.8) is 0 Å². The molecule has 0 aromatic carbocycles. The summed E-state index contributed by atoms with van der Waals surface area (Å²) in [5, 5.41) is 4.24. The van der Waals surface area contributed by atoms with E-state index >= 15 is 0 Å². The second kappa shape index (κ2) is 6.80. The summed E-state index contributed by atoms with van der Waals surface area (Å²) in [5.41, 5.74) is 6.82. The Morgan fingerprint density at radius 1 is 1.53 bits per heavy atom. The number of hydrogen-bond donors (Lipinski definition) is 1. The average molecular weight is 351 g/mol. The number of halogens is 1. The molecule has 1 aliphatic heterocycles. The maximum atomic E-state index is 5.89. The summed E-state index contributed by atoms with van der Waals surface area (Å²) in [6, 6.07) is 1.94. The molecule has 0 radical (unpaired) electrons. The van der Waals surface area contributed by atoms with Gasteiger partial charge in [0.05, 0.1) is 25.5 Å². The summed E-state index contributed by atoms with van der Waals surface area (Å²) >= 11 is 0. The number of morpholine rings is 1. The van der Waals surface area contributed by atoms with Crippen LogP contribution in [0.3, 0.4) is 0 Å². The van der Waals surface area contributed by atoms with E-state index in [2.05, 4.69) is 10.1 Å². The Morgan fingerprint density at radius 3 is 2.82 bits per heavy atom. The lowest BCUT2D eigenvalue weighted by atomic mass is 10.4. The summed E-state index contributed by atoms with van der Waals surface area (Å²) in [4.78, 5) is 6.35. The standard InChI is InChI=1S/C10H17N5O.HI/c1-14-3-2-9(13-14)8-12-10(11)15-4-6-16-7-5-15;/h2-3H,4-8H2,1H3,(H2,11,12);1H. The average Bonchev–Trinajstić information content (AvgIpc) is 2.73. The predicted molar refractivity (Wildman–Crippen MR) is 76.3 cm³/mol. The van der Waals surface area contributed by atoms with Gasteiger partial charge in [0.25, 0.3) is 0 Å². The predicted octanol–water partition coefficient (Wildman–Crippen LogP) is 0.185. The summed E-state index contributed by atoms with van der Waals surface area (Å²) in [5.74, 6) is 0.578. The van der Waals surface area contributed by atoms with Crippen LogP contribution in [-0.2, 0) is 18.3 Å². The third-order valence-corrected chi connectivity index (χ3v) is 2.51. The number of aromatic nitrogens is 2. The van der Waals surface area contributed by atoms with Gasteiger partial charge in [-0.2, -0.15) is 5.10 Å². The van der Waals surface area contributed by atoms with E-state index < -0.39 is 0 Å². The van der Waals surface area contributed by atoms with Crippen molar-refractivity contribution in [2.45, 2.75) is 6.54 Å². The molecule has 2 rings (SSSR count). The number of nitrogens with zero attached hydrogens (tertiary/aromatic N) is 4. The van der Waals surface area contributed by atoms with Crippen LogP contribution in [0.4, 0.5) is 0 Å². The Bertz CT molecular complexity index is 373. The highest BCUT2D eigenvalue weighted by molar-refractivity contribution is 14.0. The van der Waals surface area contributed by atoms with Crippen LogP contribution < -0.4 is 5.73 Å². The highest BCUT2D eigenvalue weighted by atomic mass is 127. The second-order valence-corrected chi connectivity index (χ2v) is 3.75. The van der Waals surface area contributed by atoms with E-state index in [-0.39, 0.29) is 24.0 Å². The summed E-state index contributed by atoms with van der Waals surface area (Å²) in [7, 11) is 1.89. The van der Waals surface area contributed by atoms with Crippen LogP contribution in [-0.4, -0.2) is 46.9 Å². The first-order chi connectivity index (χ1) is 7.75. The highest BCUT2D eigenvalue weighted by Gasteiger charge is 2.11. The molecule has 0 spiro atoms. The number of guanidine groups is 1. The molecule has 0 amide bonds. The van der Waals surface area contributed by atoms with Crippen molar-refractivity contribution in [3.8, 4) is 0 Å². The molecule has 0 unspecified atom stereocenters. The summed E-state index contributed by atoms with van der Waals surface area (Å²) in [6.45, 7) is 3.61. The Kier molecular flexibility index (Phi) is 5.69. The number of rotatable bonds is 2. The van der Waals surface area contributed by atoms with Crippen molar-refractivity contribution in [1.82, 2.24) is 14.7 Å². The first-order valence-electron chi connectivity index (χ1n) is 5.37. The van der Waals surface area contributed by atoms with Gasteiger partial charge in [-0.15, -0.1) is 24.0 Å². The molecule has 0 aliphatic carbocycles. The molecule has 96 valence electrons. The molecule has 1 aromatic heterocycles. The second-order valence-electron chi connectivity index (χ2n) is 3.75. The van der Waals surface area contributed by atoms with E-state index in [1.807, 2.05) is 24.2 Å². The quantitative estimate of drug-likeness (QED) is 0.469. The zero-order chi connectivity index (χ0) is 11.4. The van der Waals surface area contributed by atoms with Gasteiger partial charge in [0, 0.05) is 26.3 Å². The first-order valence-corrected chi connectivity index (χ1v) is 5.37. The van der Waals surface area contributed by atoms with Crippen LogP contribution in [0.2, 0.25) is 0 Å². The van der Waals surface area contributed by atoms with Crippen molar-refractivity contribution in [2.24, 2.45) is 17.8 Å². The van der Waals surface area contributed by atoms with Crippen LogP contribution >= 0.6 is 24.0 Å². The summed E-state index contributed by atoms with van der Waals surface area (Å²) in [6.07, 6.45) is 1.90. The fraction of sp³-hybridized carbons (Fsp3) is 0.600. The van der Waals surface area contributed by atoms with Crippen LogP contribution in [0.1, 0.15) is 5.69 Å². The molecule has 7 heteroatoms. The van der Waals surface area contributed by atoms with Crippen molar-refractivity contribution in [2.75, 3.05) is 26.3 Å². The normalized spacial score (nSPS) is 16.8. The maximum absolute atomic E-state index is 5.89. The molecule has 17 heavy (non-hydrogen) atoms. The topological polar surface area (TPSA) is 68.7 Å². The molecule has 6 nitrogen and oxygen atoms in total. The molecular weight excluding hydrogens is 333 g/mol. The minimum absolute atomic E-state index is 0. The Morgan fingerprint density at radius 2 is 2.24 bits per heavy atom. The van der Waals surface area contributed by atoms with Gasteiger partial charge in [-0.3, -0.25) is 4.68 Å². The number of ether oxygens (including phenoxy) is 1. The molecular formula is C10H18IN5O. The lowest BCUT2D eigenvalue weighted by molar-refractivity contribution is 0.0674. The van der Waals surface area contributed by atoms with Gasteiger partial charge in [0.1, 0.15) is 0 Å². The summed E-state index contributed by atoms with van der Waals surface area (Å²) < 4.78 is 7.01. The molecule has 1 fully saturated rings. The molecule has 2 N–H and O–H groups in total. The minimum atomic E-state index is 0. The van der Waals surface area contributed by atoms with Crippen molar-refractivity contribution < 1.29 is 4.74 Å². The van der Waals surface area contributed by atoms with Gasteiger partial charge in [0.2, 0.25) is 0 Å². The number of aliphatic imine (C=N–C) groups is 1. The SMILES string of the molecule is Cn1ccc(CN=C(N)N2CCOCC2)n1.I. The largest absolute Gasteiger partial charge is 0.378 e. The molecule has 1 aliphatic rings. The van der Waals surface area contributed by atoms with Gasteiger partial charge in [-0.05, 0) is 6.07 Å². The fourth-order valence-corrected chi connectivity index (χ4v) is 1.60. The van der Waals surface area contributed by atoms with Gasteiger partial charge in [-0.25, -0.2) is 4.99 Å². The number of nitrogens with two attached hydrogens (primary N) is 1. The van der Waals surface area contributed by atoms with Crippen LogP contribution in [0, 0.1) is 0 Å². The molecule has 2 heterocycles. The van der Waals surface area contributed by atoms with E-state index in [0.29, 0.717) is 12.5 Å². The van der Waals surface area contributed by atoms with Gasteiger partial charge >= 0.3 is 0 Å². The van der Waals surface area contributed by atoms with Gasteiger partial charge in [0.15, 0.2) is 5.96 Å². The molecule has 1 saturated heterocycles. The lowest BCUT2D eigenvalue weighted by Gasteiger charge is -2.27. The molecule has 0 bridgehead atoms. The minimum Gasteiger partial charge on any atom is -0.378 e. The van der Waals surface area contributed by atoms with E-state index in [1.54, 1.807) is 4.68 Å². The van der Waals surface area contributed by atoms with Crippen LogP contribution in [0.15, 0.2) is 17.3 Å². The molecule has 0 atom stereocenters. The number of hydrogen-bond acceptors (Lipinski definition) is 3. The molecule has 1 aromatic rings. The Labute approximate surface area is 118 Å². The number of aryl methyl sites for hydroxylation is 1. The Hall–Kier alpha value is -0.830. The highest BCUT2D eigenvalue weighted by Crippen LogP contribution is 1.99. The van der Waals surface area contributed by atoms with Gasteiger partial charge in [-0.1, -0.05) is 0 Å². The van der Waals surface area contributed by atoms with E-state index in [1.165, 1.54) is 0 Å². The van der Waals surface area contributed by atoms with Crippen molar-refractivity contribution in [1.29, 1.82) is 0 Å². The van der Waals surface area contributed by atoms with Crippen LogP contribution in [0.25, 0.3) is 0 Å². The first kappa shape index (κ1) is 14.2. The zero-order valence-electron chi connectivity index (χ0n) is 9.87. The lowest BCUT2D eigenvalue weighted by Crippen LogP contribution is -2.44. The van der Waals surface area contributed by atoms with Crippen LogP contribution in [0.5, 0.6) is 0 Å². The third-order valence-electron chi connectivity index (χ3n) is 2.51. The van der Waals surface area contributed by atoms with Gasteiger partial charge < -0.3 is 15.4 Å². The molecule has 0 saturated carbocycles. The monoisotopic (exact) mass is 351 g/mol. The van der Waals surface area contributed by atoms with E-state index in [0.717, 1.165) is 32.0 Å². The maximum Gasteiger partial charge on any atom is 0.191 e. The van der Waals surface area contributed by atoms with E-state index in [4.69, 9.17) is 10.5 Å². The van der Waals surface area contributed by atoms with Crippen molar-refractivity contribution in [3.05, 3.63) is 18.0 Å². The smallest absolute Gasteiger partial charge is 0.191 e. The van der Waals surface area contributed by atoms with Crippen molar-refractivity contribution >= 4 is 29.9 Å². The Balaban J connectivity index is 0.00000144. The third kappa shape index (κ3) is 4.15. The fourth-order valence-electron chi connectivity index (χ4n) is 1.60.